The van der Waals surface area contributed by atoms with Crippen LogP contribution >= 0.6 is 0 Å². The number of amides is 1. The summed E-state index contributed by atoms with van der Waals surface area (Å²) < 4.78 is 5.11. The molecule has 0 bridgehead atoms. The molecule has 25 heavy (non-hydrogen) atoms. The van der Waals surface area contributed by atoms with Crippen molar-refractivity contribution in [2.75, 3.05) is 38.8 Å². The van der Waals surface area contributed by atoms with E-state index in [-0.39, 0.29) is 11.9 Å². The van der Waals surface area contributed by atoms with E-state index in [4.69, 9.17) is 4.74 Å². The van der Waals surface area contributed by atoms with Gasteiger partial charge in [-0.05, 0) is 30.0 Å². The van der Waals surface area contributed by atoms with Gasteiger partial charge in [-0.3, -0.25) is 4.79 Å². The number of rotatable bonds is 7. The summed E-state index contributed by atoms with van der Waals surface area (Å²) in [6.07, 6.45) is 1.83. The summed E-state index contributed by atoms with van der Waals surface area (Å²) in [6, 6.07) is 18.2. The van der Waals surface area contributed by atoms with Crippen LogP contribution in [0.2, 0.25) is 0 Å². The number of carbonyl (C=O) groups excluding carboxylic acids is 1. The van der Waals surface area contributed by atoms with Crippen LogP contribution in [0.3, 0.4) is 0 Å². The van der Waals surface area contributed by atoms with Gasteiger partial charge in [0.1, 0.15) is 6.04 Å². The van der Waals surface area contributed by atoms with E-state index < -0.39 is 0 Å². The third-order valence-electron chi connectivity index (χ3n) is 4.80. The lowest BCUT2D eigenvalue weighted by Crippen LogP contribution is -2.41. The number of benzene rings is 2. The SMILES string of the molecule is COCCCN(C)C(=O)[C@@H](c1ccccc1)N1CCc2ccccc21. The highest BCUT2D eigenvalue weighted by molar-refractivity contribution is 5.87. The molecule has 0 radical (unpaired) electrons. The smallest absolute Gasteiger partial charge is 0.249 e. The Morgan fingerprint density at radius 3 is 2.64 bits per heavy atom. The number of fused-ring (bicyclic) bond motifs is 1. The quantitative estimate of drug-likeness (QED) is 0.726. The third kappa shape index (κ3) is 3.85. The molecule has 0 spiro atoms. The van der Waals surface area contributed by atoms with Crippen LogP contribution in [-0.2, 0) is 16.0 Å². The molecule has 1 amide bonds. The molecule has 1 atom stereocenters. The average molecular weight is 338 g/mol. The molecule has 0 aromatic heterocycles. The second-order valence-electron chi connectivity index (χ2n) is 6.49. The van der Waals surface area contributed by atoms with E-state index in [9.17, 15) is 4.79 Å². The maximum atomic E-state index is 13.3. The van der Waals surface area contributed by atoms with Gasteiger partial charge in [-0.25, -0.2) is 0 Å². The number of anilines is 1. The topological polar surface area (TPSA) is 32.8 Å². The minimum atomic E-state index is -0.280. The highest BCUT2D eigenvalue weighted by atomic mass is 16.5. The van der Waals surface area contributed by atoms with Crippen molar-refractivity contribution in [3.05, 3.63) is 65.7 Å². The van der Waals surface area contributed by atoms with Gasteiger partial charge in [0.05, 0.1) is 0 Å². The molecule has 0 fully saturated rings. The van der Waals surface area contributed by atoms with Gasteiger partial charge < -0.3 is 14.5 Å². The molecule has 0 saturated carbocycles. The Morgan fingerprint density at radius 2 is 1.88 bits per heavy atom. The van der Waals surface area contributed by atoms with Crippen LogP contribution in [0.5, 0.6) is 0 Å². The Labute approximate surface area is 150 Å². The van der Waals surface area contributed by atoms with Gasteiger partial charge in [-0.2, -0.15) is 0 Å². The van der Waals surface area contributed by atoms with Crippen molar-refractivity contribution >= 4 is 11.6 Å². The molecule has 4 nitrogen and oxygen atoms in total. The molecule has 1 heterocycles. The van der Waals surface area contributed by atoms with Crippen molar-refractivity contribution in [1.29, 1.82) is 0 Å². The van der Waals surface area contributed by atoms with Gasteiger partial charge in [0.15, 0.2) is 0 Å². The maximum Gasteiger partial charge on any atom is 0.249 e. The summed E-state index contributed by atoms with van der Waals surface area (Å²) in [4.78, 5) is 17.4. The molecule has 0 unspecified atom stereocenters. The maximum absolute atomic E-state index is 13.3. The van der Waals surface area contributed by atoms with Crippen molar-refractivity contribution in [2.45, 2.75) is 18.9 Å². The number of hydrogen-bond donors (Lipinski definition) is 0. The summed E-state index contributed by atoms with van der Waals surface area (Å²) in [5, 5.41) is 0. The van der Waals surface area contributed by atoms with E-state index in [2.05, 4.69) is 23.1 Å². The van der Waals surface area contributed by atoms with Crippen LogP contribution in [0, 0.1) is 0 Å². The Morgan fingerprint density at radius 1 is 1.16 bits per heavy atom. The second kappa shape index (κ2) is 8.17. The zero-order valence-corrected chi connectivity index (χ0v) is 15.0. The first-order valence-corrected chi connectivity index (χ1v) is 8.86. The molecule has 2 aromatic carbocycles. The standard InChI is InChI=1S/C21H26N2O2/c1-22(14-8-16-25-2)21(24)20(18-10-4-3-5-11-18)23-15-13-17-9-6-7-12-19(17)23/h3-7,9-12,20H,8,13-16H2,1-2H3/t20-/m1/s1. The van der Waals surface area contributed by atoms with Crippen LogP contribution < -0.4 is 4.90 Å². The van der Waals surface area contributed by atoms with Crippen LogP contribution in [0.25, 0.3) is 0 Å². The first kappa shape index (κ1) is 17.5. The molecule has 1 aliphatic rings. The van der Waals surface area contributed by atoms with Crippen LogP contribution in [0.1, 0.15) is 23.6 Å². The van der Waals surface area contributed by atoms with Gasteiger partial charge in [-0.1, -0.05) is 48.5 Å². The van der Waals surface area contributed by atoms with Gasteiger partial charge >= 0.3 is 0 Å². The fourth-order valence-corrected chi connectivity index (χ4v) is 3.49. The van der Waals surface area contributed by atoms with Crippen molar-refractivity contribution in [3.8, 4) is 0 Å². The molecule has 1 aliphatic heterocycles. The third-order valence-corrected chi connectivity index (χ3v) is 4.80. The largest absolute Gasteiger partial charge is 0.385 e. The van der Waals surface area contributed by atoms with Gasteiger partial charge in [-0.15, -0.1) is 0 Å². The van der Waals surface area contributed by atoms with Crippen molar-refractivity contribution < 1.29 is 9.53 Å². The minimum absolute atomic E-state index is 0.138. The Bertz CT molecular complexity index is 702. The van der Waals surface area contributed by atoms with Gasteiger partial charge in [0.2, 0.25) is 5.91 Å². The predicted octanol–water partition coefficient (Wildman–Crippen LogP) is 3.29. The lowest BCUT2D eigenvalue weighted by molar-refractivity contribution is -0.131. The van der Waals surface area contributed by atoms with E-state index in [0.29, 0.717) is 13.2 Å². The molecule has 0 N–H and O–H groups in total. The Kier molecular flexibility index (Phi) is 5.71. The minimum Gasteiger partial charge on any atom is -0.385 e. The summed E-state index contributed by atoms with van der Waals surface area (Å²) in [5.74, 6) is 0.138. The molecular formula is C21H26N2O2. The zero-order chi connectivity index (χ0) is 17.6. The highest BCUT2D eigenvalue weighted by Gasteiger charge is 2.33. The van der Waals surface area contributed by atoms with E-state index in [1.807, 2.05) is 48.3 Å². The van der Waals surface area contributed by atoms with E-state index in [0.717, 1.165) is 24.9 Å². The number of carbonyl (C=O) groups is 1. The Hall–Kier alpha value is -2.33. The van der Waals surface area contributed by atoms with Crippen LogP contribution in [0.4, 0.5) is 5.69 Å². The molecule has 3 rings (SSSR count). The Balaban J connectivity index is 1.88. The molecular weight excluding hydrogens is 312 g/mol. The summed E-state index contributed by atoms with van der Waals surface area (Å²) in [6.45, 7) is 2.24. The number of para-hydroxylation sites is 1. The van der Waals surface area contributed by atoms with Gasteiger partial charge in [0.25, 0.3) is 0 Å². The number of likely N-dealkylation sites (N-methyl/N-ethyl adjacent to an activating group) is 1. The normalized spacial score (nSPS) is 14.2. The zero-order valence-electron chi connectivity index (χ0n) is 15.0. The predicted molar refractivity (Wildman–Crippen MR) is 101 cm³/mol. The summed E-state index contributed by atoms with van der Waals surface area (Å²) >= 11 is 0. The van der Waals surface area contributed by atoms with Crippen LogP contribution in [-0.4, -0.2) is 44.7 Å². The van der Waals surface area contributed by atoms with E-state index >= 15 is 0 Å². The second-order valence-corrected chi connectivity index (χ2v) is 6.49. The van der Waals surface area contributed by atoms with Crippen molar-refractivity contribution in [1.82, 2.24) is 4.90 Å². The van der Waals surface area contributed by atoms with E-state index in [1.165, 1.54) is 11.3 Å². The van der Waals surface area contributed by atoms with Crippen molar-refractivity contribution in [3.63, 3.8) is 0 Å². The number of nitrogens with zero attached hydrogens (tertiary/aromatic N) is 2. The van der Waals surface area contributed by atoms with Gasteiger partial charge in [0, 0.05) is 39.5 Å². The molecule has 4 heteroatoms. The number of ether oxygens (including phenoxy) is 1. The lowest BCUT2D eigenvalue weighted by atomic mass is 10.0. The number of hydrogen-bond acceptors (Lipinski definition) is 3. The summed E-state index contributed by atoms with van der Waals surface area (Å²) in [5.41, 5.74) is 3.54. The lowest BCUT2D eigenvalue weighted by Gasteiger charge is -2.33. The fourth-order valence-electron chi connectivity index (χ4n) is 3.49. The van der Waals surface area contributed by atoms with Crippen molar-refractivity contribution in [2.24, 2.45) is 0 Å². The highest BCUT2D eigenvalue weighted by Crippen LogP contribution is 2.35. The van der Waals surface area contributed by atoms with E-state index in [1.54, 1.807) is 7.11 Å². The molecule has 2 aromatic rings. The molecule has 0 saturated heterocycles. The first-order chi connectivity index (χ1) is 12.2. The fraction of sp³-hybridized carbons (Fsp3) is 0.381. The first-order valence-electron chi connectivity index (χ1n) is 8.86. The summed E-state index contributed by atoms with van der Waals surface area (Å²) in [7, 11) is 3.58. The average Bonchev–Trinajstić information content (AvgIpc) is 3.07. The molecule has 132 valence electrons. The monoisotopic (exact) mass is 338 g/mol. The van der Waals surface area contributed by atoms with Crippen LogP contribution in [0.15, 0.2) is 54.6 Å². The number of methoxy groups -OCH3 is 1. The molecule has 0 aliphatic carbocycles.